The van der Waals surface area contributed by atoms with Gasteiger partial charge in [0, 0.05) is 19.1 Å². The Balaban J connectivity index is 2.46. The van der Waals surface area contributed by atoms with Gasteiger partial charge in [-0.15, -0.1) is 12.6 Å². The van der Waals surface area contributed by atoms with E-state index in [0.29, 0.717) is 6.61 Å². The summed E-state index contributed by atoms with van der Waals surface area (Å²) in [4.78, 5) is 1.04. The maximum absolute atomic E-state index is 5.64. The minimum absolute atomic E-state index is 0.277. The first-order chi connectivity index (χ1) is 7.69. The molecule has 5 heteroatoms. The minimum Gasteiger partial charge on any atom is -0.413 e. The first-order valence-electron chi connectivity index (χ1n) is 5.09. The highest BCUT2D eigenvalue weighted by atomic mass is 32.1. The predicted molar refractivity (Wildman–Crippen MR) is 70.4 cm³/mol. The van der Waals surface area contributed by atoms with Crippen LogP contribution in [0.5, 0.6) is 0 Å². The Labute approximate surface area is 104 Å². The summed E-state index contributed by atoms with van der Waals surface area (Å²) in [6.45, 7) is 2.52. The highest BCUT2D eigenvalue weighted by Gasteiger charge is 2.07. The molecular formula is C11H18O3SSi. The van der Waals surface area contributed by atoms with Gasteiger partial charge in [-0.3, -0.25) is 0 Å². The quantitative estimate of drug-likeness (QED) is 0.461. The van der Waals surface area contributed by atoms with Gasteiger partial charge >= 0.3 is 0 Å². The summed E-state index contributed by atoms with van der Waals surface area (Å²) < 4.78 is 15.7. The lowest BCUT2D eigenvalue weighted by atomic mass is 10.2. The van der Waals surface area contributed by atoms with Gasteiger partial charge in [0.15, 0.2) is 16.1 Å². The molecule has 0 aliphatic rings. The number of benzene rings is 1. The predicted octanol–water partition coefficient (Wildman–Crippen LogP) is 0.628. The summed E-state index contributed by atoms with van der Waals surface area (Å²) in [5, 5.41) is 1.22. The van der Waals surface area contributed by atoms with Crippen LogP contribution >= 0.6 is 12.6 Å². The van der Waals surface area contributed by atoms with E-state index in [2.05, 4.69) is 18.7 Å². The van der Waals surface area contributed by atoms with Gasteiger partial charge < -0.3 is 13.9 Å². The second-order valence-corrected chi connectivity index (χ2v) is 5.40. The number of hydrogen-bond donors (Lipinski definition) is 1. The topological polar surface area (TPSA) is 27.7 Å². The molecule has 0 atom stereocenters. The van der Waals surface area contributed by atoms with E-state index in [1.54, 1.807) is 14.2 Å². The maximum atomic E-state index is 5.64. The Morgan fingerprint density at radius 2 is 2.00 bits per heavy atom. The Morgan fingerprint density at radius 3 is 2.62 bits per heavy atom. The van der Waals surface area contributed by atoms with E-state index in [0.717, 1.165) is 4.90 Å². The molecule has 16 heavy (non-hydrogen) atoms. The number of methoxy groups -OCH3 is 2. The molecule has 0 aromatic heterocycles. The molecule has 0 aliphatic heterocycles. The number of rotatable bonds is 6. The first kappa shape index (κ1) is 13.7. The standard InChI is InChI=1S/C11H18O3SSi/c1-8-5-4-6-9(11(8)15)16-14-7-10(12-2)13-3/h4-6,10,15H,7,16H2,1-3H3. The monoisotopic (exact) mass is 258 g/mol. The SMILES string of the molecule is COC(CO[SiH2]c1cccc(C)c1S)OC. The summed E-state index contributed by atoms with van der Waals surface area (Å²) in [5.41, 5.74) is 1.19. The lowest BCUT2D eigenvalue weighted by Gasteiger charge is -2.14. The molecular weight excluding hydrogens is 240 g/mol. The number of thiol groups is 1. The van der Waals surface area contributed by atoms with Gasteiger partial charge in [0.1, 0.15) is 0 Å². The van der Waals surface area contributed by atoms with Crippen LogP contribution in [0.4, 0.5) is 0 Å². The molecule has 0 unspecified atom stereocenters. The molecule has 0 amide bonds. The fourth-order valence-electron chi connectivity index (χ4n) is 1.33. The zero-order valence-electron chi connectivity index (χ0n) is 9.90. The summed E-state index contributed by atoms with van der Waals surface area (Å²) in [7, 11) is 2.45. The second kappa shape index (κ2) is 7.08. The summed E-state index contributed by atoms with van der Waals surface area (Å²) in [5.74, 6) is 0. The highest BCUT2D eigenvalue weighted by molar-refractivity contribution is 7.80. The zero-order valence-corrected chi connectivity index (χ0v) is 12.2. The Bertz CT molecular complexity index is 329. The van der Waals surface area contributed by atoms with E-state index in [1.807, 2.05) is 19.1 Å². The smallest absolute Gasteiger partial charge is 0.193 e. The molecule has 0 saturated heterocycles. The van der Waals surface area contributed by atoms with E-state index < -0.39 is 9.76 Å². The molecule has 0 aliphatic carbocycles. The van der Waals surface area contributed by atoms with Crippen LogP contribution in [-0.2, 0) is 13.9 Å². The van der Waals surface area contributed by atoms with Crippen molar-refractivity contribution in [2.75, 3.05) is 20.8 Å². The van der Waals surface area contributed by atoms with Crippen LogP contribution in [-0.4, -0.2) is 36.9 Å². The Morgan fingerprint density at radius 1 is 1.31 bits per heavy atom. The van der Waals surface area contributed by atoms with Gasteiger partial charge in [0.25, 0.3) is 0 Å². The van der Waals surface area contributed by atoms with Crippen molar-refractivity contribution in [2.24, 2.45) is 0 Å². The van der Waals surface area contributed by atoms with Crippen LogP contribution in [0.15, 0.2) is 23.1 Å². The van der Waals surface area contributed by atoms with Crippen molar-refractivity contribution in [2.45, 2.75) is 18.1 Å². The molecule has 90 valence electrons. The fraction of sp³-hybridized carbons (Fsp3) is 0.455. The summed E-state index contributed by atoms with van der Waals surface area (Å²) in [6.07, 6.45) is -0.277. The summed E-state index contributed by atoms with van der Waals surface area (Å²) >= 11 is 4.47. The molecule has 1 aromatic rings. The van der Waals surface area contributed by atoms with Crippen molar-refractivity contribution >= 4 is 27.6 Å². The van der Waals surface area contributed by atoms with Crippen molar-refractivity contribution in [3.8, 4) is 0 Å². The van der Waals surface area contributed by atoms with Gasteiger partial charge in [0.2, 0.25) is 0 Å². The lowest BCUT2D eigenvalue weighted by Crippen LogP contribution is -2.26. The van der Waals surface area contributed by atoms with E-state index in [9.17, 15) is 0 Å². The Kier molecular flexibility index (Phi) is 6.08. The van der Waals surface area contributed by atoms with Crippen molar-refractivity contribution in [3.63, 3.8) is 0 Å². The zero-order chi connectivity index (χ0) is 12.0. The molecule has 0 spiro atoms. The van der Waals surface area contributed by atoms with Crippen LogP contribution in [0.3, 0.4) is 0 Å². The van der Waals surface area contributed by atoms with Crippen molar-refractivity contribution in [1.29, 1.82) is 0 Å². The van der Waals surface area contributed by atoms with Gasteiger partial charge in [0.05, 0.1) is 6.61 Å². The number of ether oxygens (including phenoxy) is 2. The molecule has 0 saturated carbocycles. The fourth-order valence-corrected chi connectivity index (χ4v) is 2.85. The molecule has 1 aromatic carbocycles. The highest BCUT2D eigenvalue weighted by Crippen LogP contribution is 2.08. The minimum atomic E-state index is -0.760. The largest absolute Gasteiger partial charge is 0.413 e. The van der Waals surface area contributed by atoms with E-state index >= 15 is 0 Å². The van der Waals surface area contributed by atoms with Gasteiger partial charge in [-0.2, -0.15) is 0 Å². The summed E-state index contributed by atoms with van der Waals surface area (Å²) in [6, 6.07) is 6.15. The molecule has 0 radical (unpaired) electrons. The Hall–Kier alpha value is -0.333. The third-order valence-electron chi connectivity index (χ3n) is 2.36. The van der Waals surface area contributed by atoms with E-state index in [4.69, 9.17) is 13.9 Å². The van der Waals surface area contributed by atoms with Crippen LogP contribution in [0.25, 0.3) is 0 Å². The lowest BCUT2D eigenvalue weighted by molar-refractivity contribution is -0.121. The first-order valence-corrected chi connectivity index (χ1v) is 6.83. The normalized spacial score (nSPS) is 11.8. The van der Waals surface area contributed by atoms with Crippen LogP contribution in [0, 0.1) is 6.92 Å². The van der Waals surface area contributed by atoms with Gasteiger partial charge in [-0.25, -0.2) is 0 Å². The molecule has 0 fully saturated rings. The van der Waals surface area contributed by atoms with Crippen LogP contribution < -0.4 is 5.19 Å². The average Bonchev–Trinajstić information content (AvgIpc) is 2.30. The molecule has 1 rings (SSSR count). The van der Waals surface area contributed by atoms with E-state index in [-0.39, 0.29) is 6.29 Å². The van der Waals surface area contributed by atoms with Gasteiger partial charge in [-0.1, -0.05) is 18.2 Å². The van der Waals surface area contributed by atoms with Crippen molar-refractivity contribution in [3.05, 3.63) is 23.8 Å². The number of aryl methyl sites for hydroxylation is 1. The van der Waals surface area contributed by atoms with E-state index in [1.165, 1.54) is 10.8 Å². The molecule has 0 bridgehead atoms. The molecule has 0 heterocycles. The van der Waals surface area contributed by atoms with Crippen molar-refractivity contribution < 1.29 is 13.9 Å². The van der Waals surface area contributed by atoms with Gasteiger partial charge in [-0.05, 0) is 17.7 Å². The average molecular weight is 258 g/mol. The van der Waals surface area contributed by atoms with Crippen LogP contribution in [0.1, 0.15) is 5.56 Å². The molecule has 3 nitrogen and oxygen atoms in total. The van der Waals surface area contributed by atoms with Crippen molar-refractivity contribution in [1.82, 2.24) is 0 Å². The third-order valence-corrected chi connectivity index (χ3v) is 4.64. The third kappa shape index (κ3) is 3.91. The number of hydrogen-bond acceptors (Lipinski definition) is 4. The maximum Gasteiger partial charge on any atom is 0.193 e. The van der Waals surface area contributed by atoms with Crippen LogP contribution in [0.2, 0.25) is 0 Å². The molecule has 0 N–H and O–H groups in total. The second-order valence-electron chi connectivity index (χ2n) is 3.50.